The zero-order chi connectivity index (χ0) is 13.8. The fraction of sp³-hybridized carbons (Fsp3) is 0.273. The van der Waals surface area contributed by atoms with Crippen molar-refractivity contribution in [1.29, 1.82) is 0 Å². The highest BCUT2D eigenvalue weighted by Gasteiger charge is 2.08. The number of ether oxygens (including phenoxy) is 1. The van der Waals surface area contributed by atoms with Crippen LogP contribution in [-0.2, 0) is 11.3 Å². The van der Waals surface area contributed by atoms with Gasteiger partial charge in [-0.15, -0.1) is 0 Å². The summed E-state index contributed by atoms with van der Waals surface area (Å²) in [6.45, 7) is 1.82. The standard InChI is InChI=1S/C11H14N6O2/c1-7-3-10(19-2)16-11(14-7)15-9(18)6-17-5-8(12)4-13-17/h3-5H,6,12H2,1-2H3,(H,14,15,16,18). The number of nitrogens with two attached hydrogens (primary N) is 1. The lowest BCUT2D eigenvalue weighted by molar-refractivity contribution is -0.116. The van der Waals surface area contributed by atoms with E-state index in [1.165, 1.54) is 18.0 Å². The van der Waals surface area contributed by atoms with E-state index in [9.17, 15) is 4.79 Å². The smallest absolute Gasteiger partial charge is 0.248 e. The Kier molecular flexibility index (Phi) is 3.60. The first-order valence-electron chi connectivity index (χ1n) is 5.54. The van der Waals surface area contributed by atoms with Gasteiger partial charge in [0.05, 0.1) is 19.0 Å². The quantitative estimate of drug-likeness (QED) is 0.815. The Labute approximate surface area is 109 Å². The Bertz CT molecular complexity index is 595. The maximum atomic E-state index is 11.8. The molecule has 0 aliphatic rings. The molecule has 0 aliphatic heterocycles. The third kappa shape index (κ3) is 3.41. The predicted octanol–water partition coefficient (Wildman–Crippen LogP) is 0.211. The first kappa shape index (κ1) is 12.8. The van der Waals surface area contributed by atoms with Crippen LogP contribution in [0.15, 0.2) is 18.5 Å². The molecule has 19 heavy (non-hydrogen) atoms. The van der Waals surface area contributed by atoms with Crippen LogP contribution in [0.5, 0.6) is 5.88 Å². The Hall–Kier alpha value is -2.64. The number of aryl methyl sites for hydroxylation is 1. The second-order valence-electron chi connectivity index (χ2n) is 3.89. The Morgan fingerprint density at radius 3 is 2.95 bits per heavy atom. The second-order valence-corrected chi connectivity index (χ2v) is 3.89. The van der Waals surface area contributed by atoms with Crippen LogP contribution in [0.3, 0.4) is 0 Å². The molecule has 0 radical (unpaired) electrons. The van der Waals surface area contributed by atoms with Gasteiger partial charge < -0.3 is 10.5 Å². The molecule has 0 fully saturated rings. The van der Waals surface area contributed by atoms with Crippen molar-refractivity contribution in [2.24, 2.45) is 0 Å². The third-order valence-electron chi connectivity index (χ3n) is 2.25. The van der Waals surface area contributed by atoms with Crippen molar-refractivity contribution in [3.05, 3.63) is 24.2 Å². The highest BCUT2D eigenvalue weighted by Crippen LogP contribution is 2.11. The number of nitrogens with zero attached hydrogens (tertiary/aromatic N) is 4. The first-order valence-corrected chi connectivity index (χ1v) is 5.54. The summed E-state index contributed by atoms with van der Waals surface area (Å²) in [7, 11) is 1.50. The van der Waals surface area contributed by atoms with Gasteiger partial charge >= 0.3 is 0 Å². The van der Waals surface area contributed by atoms with Crippen LogP contribution in [0.1, 0.15) is 5.69 Å². The minimum Gasteiger partial charge on any atom is -0.481 e. The first-order chi connectivity index (χ1) is 9.06. The molecular formula is C11H14N6O2. The lowest BCUT2D eigenvalue weighted by Crippen LogP contribution is -2.20. The highest BCUT2D eigenvalue weighted by molar-refractivity contribution is 5.88. The lowest BCUT2D eigenvalue weighted by Gasteiger charge is -2.06. The molecule has 0 spiro atoms. The number of anilines is 2. The monoisotopic (exact) mass is 262 g/mol. The van der Waals surface area contributed by atoms with Crippen LogP contribution in [0, 0.1) is 6.92 Å². The van der Waals surface area contributed by atoms with Crippen molar-refractivity contribution < 1.29 is 9.53 Å². The number of nitrogens with one attached hydrogen (secondary N) is 1. The molecule has 0 saturated carbocycles. The fourth-order valence-corrected chi connectivity index (χ4v) is 1.48. The molecule has 100 valence electrons. The molecule has 8 heteroatoms. The van der Waals surface area contributed by atoms with E-state index in [-0.39, 0.29) is 18.4 Å². The van der Waals surface area contributed by atoms with Crippen molar-refractivity contribution >= 4 is 17.5 Å². The number of carbonyl (C=O) groups excluding carboxylic acids is 1. The summed E-state index contributed by atoms with van der Waals surface area (Å²) < 4.78 is 6.43. The molecule has 3 N–H and O–H groups in total. The van der Waals surface area contributed by atoms with Gasteiger partial charge in [-0.3, -0.25) is 14.8 Å². The molecule has 0 atom stereocenters. The summed E-state index contributed by atoms with van der Waals surface area (Å²) >= 11 is 0. The minimum atomic E-state index is -0.296. The van der Waals surface area contributed by atoms with Gasteiger partial charge in [-0.1, -0.05) is 0 Å². The average Bonchev–Trinajstić information content (AvgIpc) is 2.73. The molecule has 2 aromatic heterocycles. The van der Waals surface area contributed by atoms with Crippen molar-refractivity contribution in [1.82, 2.24) is 19.7 Å². The number of hydrogen-bond acceptors (Lipinski definition) is 6. The van der Waals surface area contributed by atoms with E-state index in [1.807, 2.05) is 0 Å². The summed E-state index contributed by atoms with van der Waals surface area (Å²) in [5, 5.41) is 6.49. The van der Waals surface area contributed by atoms with Crippen molar-refractivity contribution in [3.63, 3.8) is 0 Å². The zero-order valence-corrected chi connectivity index (χ0v) is 10.6. The molecule has 0 aliphatic carbocycles. The van der Waals surface area contributed by atoms with E-state index in [1.54, 1.807) is 19.2 Å². The van der Waals surface area contributed by atoms with Crippen LogP contribution in [-0.4, -0.2) is 32.8 Å². The van der Waals surface area contributed by atoms with Gasteiger partial charge in [0.15, 0.2) is 0 Å². The van der Waals surface area contributed by atoms with Crippen LogP contribution in [0.4, 0.5) is 11.6 Å². The Morgan fingerprint density at radius 2 is 2.32 bits per heavy atom. The molecule has 1 amide bonds. The molecule has 8 nitrogen and oxygen atoms in total. The summed E-state index contributed by atoms with van der Waals surface area (Å²) in [6, 6.07) is 1.67. The predicted molar refractivity (Wildman–Crippen MR) is 68.6 cm³/mol. The van der Waals surface area contributed by atoms with Gasteiger partial charge in [-0.2, -0.15) is 10.1 Å². The van der Waals surface area contributed by atoms with Gasteiger partial charge in [0.2, 0.25) is 17.7 Å². The Balaban J connectivity index is 2.04. The van der Waals surface area contributed by atoms with Gasteiger partial charge in [0, 0.05) is 18.0 Å². The molecule has 0 saturated heterocycles. The number of methoxy groups -OCH3 is 1. The topological polar surface area (TPSA) is 108 Å². The van der Waals surface area contributed by atoms with Crippen molar-refractivity contribution in [2.45, 2.75) is 13.5 Å². The SMILES string of the molecule is COc1cc(C)nc(NC(=O)Cn2cc(N)cn2)n1. The number of carbonyl (C=O) groups is 1. The summed E-state index contributed by atoms with van der Waals surface area (Å²) in [5.74, 6) is 0.295. The molecule has 2 heterocycles. The van der Waals surface area contributed by atoms with Crippen LogP contribution >= 0.6 is 0 Å². The van der Waals surface area contributed by atoms with E-state index in [0.717, 1.165) is 0 Å². The molecule has 0 bridgehead atoms. The van der Waals surface area contributed by atoms with Crippen LogP contribution in [0.2, 0.25) is 0 Å². The van der Waals surface area contributed by atoms with E-state index < -0.39 is 0 Å². The van der Waals surface area contributed by atoms with Crippen LogP contribution in [0.25, 0.3) is 0 Å². The highest BCUT2D eigenvalue weighted by atomic mass is 16.5. The van der Waals surface area contributed by atoms with E-state index in [2.05, 4.69) is 20.4 Å². The number of amides is 1. The lowest BCUT2D eigenvalue weighted by atomic mass is 10.4. The second kappa shape index (κ2) is 5.34. The molecule has 2 aromatic rings. The average molecular weight is 262 g/mol. The largest absolute Gasteiger partial charge is 0.481 e. The molecule has 0 unspecified atom stereocenters. The molecule has 2 rings (SSSR count). The van der Waals surface area contributed by atoms with Gasteiger partial charge in [0.1, 0.15) is 6.54 Å². The molecule has 0 aromatic carbocycles. The van der Waals surface area contributed by atoms with Crippen molar-refractivity contribution in [2.75, 3.05) is 18.2 Å². The van der Waals surface area contributed by atoms with E-state index in [4.69, 9.17) is 10.5 Å². The van der Waals surface area contributed by atoms with Crippen LogP contribution < -0.4 is 15.8 Å². The summed E-state index contributed by atoms with van der Waals surface area (Å²) in [4.78, 5) is 19.9. The maximum absolute atomic E-state index is 11.8. The maximum Gasteiger partial charge on any atom is 0.248 e. The number of aromatic nitrogens is 4. The van der Waals surface area contributed by atoms with E-state index in [0.29, 0.717) is 17.3 Å². The number of nitrogen functional groups attached to an aromatic ring is 1. The normalized spacial score (nSPS) is 10.2. The van der Waals surface area contributed by atoms with Gasteiger partial charge in [-0.05, 0) is 6.92 Å². The zero-order valence-electron chi connectivity index (χ0n) is 10.6. The number of hydrogen-bond donors (Lipinski definition) is 2. The van der Waals surface area contributed by atoms with Gasteiger partial charge in [0.25, 0.3) is 0 Å². The third-order valence-corrected chi connectivity index (χ3v) is 2.25. The summed E-state index contributed by atoms with van der Waals surface area (Å²) in [5.41, 5.74) is 6.71. The van der Waals surface area contributed by atoms with Crippen molar-refractivity contribution in [3.8, 4) is 5.88 Å². The minimum absolute atomic E-state index is 0.0385. The Morgan fingerprint density at radius 1 is 1.53 bits per heavy atom. The fourth-order valence-electron chi connectivity index (χ4n) is 1.48. The molecular weight excluding hydrogens is 248 g/mol. The summed E-state index contributed by atoms with van der Waals surface area (Å²) in [6.07, 6.45) is 3.04. The van der Waals surface area contributed by atoms with Gasteiger partial charge in [-0.25, -0.2) is 4.98 Å². The number of rotatable bonds is 4. The van der Waals surface area contributed by atoms with E-state index >= 15 is 0 Å².